The van der Waals surface area contributed by atoms with E-state index < -0.39 is 0 Å². The van der Waals surface area contributed by atoms with Crippen LogP contribution in [-0.2, 0) is 4.79 Å². The van der Waals surface area contributed by atoms with Gasteiger partial charge in [0.25, 0.3) is 0 Å². The van der Waals surface area contributed by atoms with Gasteiger partial charge in [0, 0.05) is 16.3 Å². The smallest absolute Gasteiger partial charge is 0.224 e. The van der Waals surface area contributed by atoms with E-state index in [9.17, 15) is 4.79 Å². The Kier molecular flexibility index (Phi) is 4.72. The molecule has 0 saturated heterocycles. The van der Waals surface area contributed by atoms with Crippen LogP contribution in [0.1, 0.15) is 13.3 Å². The van der Waals surface area contributed by atoms with Crippen molar-refractivity contribution in [3.05, 3.63) is 39.3 Å². The van der Waals surface area contributed by atoms with Gasteiger partial charge in [-0.3, -0.25) is 0 Å². The quantitative estimate of drug-likeness (QED) is 0.412. The van der Waals surface area contributed by atoms with Crippen molar-refractivity contribution in [3.8, 4) is 0 Å². The van der Waals surface area contributed by atoms with Gasteiger partial charge in [-0.15, -0.1) is 0 Å². The highest BCUT2D eigenvalue weighted by molar-refractivity contribution is 14.1. The summed E-state index contributed by atoms with van der Waals surface area (Å²) in [6, 6.07) is 7.85. The minimum absolute atomic E-state index is 0.0193. The molecule has 2 atom stereocenters. The summed E-state index contributed by atoms with van der Waals surface area (Å²) in [7, 11) is 1.89. The summed E-state index contributed by atoms with van der Waals surface area (Å²) in [6.45, 7) is 2.07. The van der Waals surface area contributed by atoms with Gasteiger partial charge in [0.05, 0.1) is 17.9 Å². The number of likely N-dealkylation sites (N-methyl/N-ethyl adjacent to an activating group) is 1. The predicted molar refractivity (Wildman–Crippen MR) is 101 cm³/mol. The molecule has 1 aliphatic rings. The van der Waals surface area contributed by atoms with Crippen LogP contribution in [0.15, 0.2) is 30.5 Å². The number of aldehydes is 1. The van der Waals surface area contributed by atoms with Crippen LogP contribution in [0.2, 0.25) is 5.28 Å². The molecule has 2 heterocycles. The molecule has 120 valence electrons. The fraction of sp³-hybridized carbons (Fsp3) is 0.312. The number of fused-ring (bicyclic) bond motifs is 1. The molecule has 5 nitrogen and oxygen atoms in total. The molecule has 0 fully saturated rings. The summed E-state index contributed by atoms with van der Waals surface area (Å²) < 4.78 is 1.12. The molecule has 2 unspecified atom stereocenters. The number of hydrogen-bond donors (Lipinski definition) is 0. The molecule has 0 radical (unpaired) electrons. The van der Waals surface area contributed by atoms with Gasteiger partial charge in [-0.05, 0) is 58.8 Å². The molecular weight excluding hydrogens is 427 g/mol. The molecule has 0 N–H and O–H groups in total. The Labute approximate surface area is 153 Å². The maximum absolute atomic E-state index is 11.7. The summed E-state index contributed by atoms with van der Waals surface area (Å²) in [5.41, 5.74) is 1.80. The number of carbonyl (C=O) groups excluding carboxylic acids is 1. The fourth-order valence-electron chi connectivity index (χ4n) is 3.05. The average molecular weight is 443 g/mol. The van der Waals surface area contributed by atoms with Crippen LogP contribution in [0.4, 0.5) is 17.2 Å². The highest BCUT2D eigenvalue weighted by Gasteiger charge is 2.38. The standard InChI is InChI=1S/C16H16ClIN4O/c1-3-12-14(9-23)21(2)13-8-19-16(17)20-15(13)22(12)11-6-4-5-10(18)7-11/h4-9,12,14H,3H2,1-2H3. The first kappa shape index (κ1) is 16.4. The van der Waals surface area contributed by atoms with Crippen LogP contribution in [0.5, 0.6) is 0 Å². The molecule has 1 aromatic carbocycles. The zero-order valence-electron chi connectivity index (χ0n) is 12.8. The van der Waals surface area contributed by atoms with E-state index in [1.54, 1.807) is 6.20 Å². The Bertz CT molecular complexity index is 742. The van der Waals surface area contributed by atoms with Gasteiger partial charge in [0.1, 0.15) is 12.3 Å². The number of benzene rings is 1. The van der Waals surface area contributed by atoms with Crippen molar-refractivity contribution < 1.29 is 4.79 Å². The van der Waals surface area contributed by atoms with Crippen LogP contribution in [-0.4, -0.2) is 35.4 Å². The molecule has 2 aromatic rings. The average Bonchev–Trinajstić information content (AvgIpc) is 2.54. The maximum Gasteiger partial charge on any atom is 0.224 e. The van der Waals surface area contributed by atoms with Gasteiger partial charge in [0.15, 0.2) is 5.82 Å². The number of hydrogen-bond acceptors (Lipinski definition) is 5. The lowest BCUT2D eigenvalue weighted by molar-refractivity contribution is -0.109. The Morgan fingerprint density at radius 3 is 2.87 bits per heavy atom. The van der Waals surface area contributed by atoms with E-state index in [0.717, 1.165) is 33.5 Å². The topological polar surface area (TPSA) is 49.3 Å². The molecule has 7 heteroatoms. The Morgan fingerprint density at radius 2 is 2.22 bits per heavy atom. The Morgan fingerprint density at radius 1 is 1.43 bits per heavy atom. The predicted octanol–water partition coefficient (Wildman–Crippen LogP) is 3.67. The summed E-state index contributed by atoms with van der Waals surface area (Å²) >= 11 is 8.31. The third-order valence-corrected chi connectivity index (χ3v) is 5.00. The largest absolute Gasteiger partial charge is 0.359 e. The lowest BCUT2D eigenvalue weighted by Gasteiger charge is -2.45. The van der Waals surface area contributed by atoms with E-state index in [1.165, 1.54) is 0 Å². The van der Waals surface area contributed by atoms with Gasteiger partial charge < -0.3 is 14.6 Å². The maximum atomic E-state index is 11.7. The highest BCUT2D eigenvalue weighted by Crippen LogP contribution is 2.41. The van der Waals surface area contributed by atoms with Crippen molar-refractivity contribution in [3.63, 3.8) is 0 Å². The van der Waals surface area contributed by atoms with Crippen molar-refractivity contribution in [1.82, 2.24) is 9.97 Å². The second-order valence-corrected chi connectivity index (χ2v) is 6.99. The first-order valence-corrected chi connectivity index (χ1v) is 8.78. The minimum atomic E-state index is -0.268. The second kappa shape index (κ2) is 6.60. The van der Waals surface area contributed by atoms with E-state index in [2.05, 4.69) is 50.4 Å². The Balaban J connectivity index is 2.23. The van der Waals surface area contributed by atoms with E-state index in [0.29, 0.717) is 0 Å². The second-order valence-electron chi connectivity index (χ2n) is 5.41. The third-order valence-electron chi connectivity index (χ3n) is 4.15. The first-order valence-electron chi connectivity index (χ1n) is 7.32. The molecule has 0 amide bonds. The molecule has 0 saturated carbocycles. The minimum Gasteiger partial charge on any atom is -0.359 e. The fourth-order valence-corrected chi connectivity index (χ4v) is 3.70. The molecule has 0 aliphatic carbocycles. The number of anilines is 3. The molecular formula is C16H16ClIN4O. The van der Waals surface area contributed by atoms with Gasteiger partial charge in [-0.2, -0.15) is 4.98 Å². The summed E-state index contributed by atoms with van der Waals surface area (Å²) in [4.78, 5) is 24.3. The third kappa shape index (κ3) is 2.89. The van der Waals surface area contributed by atoms with Crippen molar-refractivity contribution in [2.45, 2.75) is 25.4 Å². The van der Waals surface area contributed by atoms with Gasteiger partial charge in [0.2, 0.25) is 5.28 Å². The van der Waals surface area contributed by atoms with E-state index in [-0.39, 0.29) is 17.4 Å². The zero-order valence-corrected chi connectivity index (χ0v) is 15.7. The lowest BCUT2D eigenvalue weighted by Crippen LogP contribution is -2.54. The van der Waals surface area contributed by atoms with Crippen LogP contribution < -0.4 is 9.80 Å². The summed E-state index contributed by atoms with van der Waals surface area (Å²) in [5.74, 6) is 0.736. The summed E-state index contributed by atoms with van der Waals surface area (Å²) in [5, 5.41) is 0.201. The molecule has 23 heavy (non-hydrogen) atoms. The van der Waals surface area contributed by atoms with Gasteiger partial charge >= 0.3 is 0 Å². The number of rotatable bonds is 3. The Hall–Kier alpha value is -1.41. The van der Waals surface area contributed by atoms with Gasteiger partial charge in [-0.1, -0.05) is 13.0 Å². The monoisotopic (exact) mass is 442 g/mol. The van der Waals surface area contributed by atoms with E-state index in [1.807, 2.05) is 30.1 Å². The first-order chi connectivity index (χ1) is 11.1. The van der Waals surface area contributed by atoms with E-state index >= 15 is 0 Å². The number of carbonyl (C=O) groups is 1. The van der Waals surface area contributed by atoms with Crippen molar-refractivity contribution >= 4 is 57.7 Å². The SMILES string of the molecule is CCC1C(C=O)N(C)c2cnc(Cl)nc2N1c1cccc(I)c1. The number of aromatic nitrogens is 2. The van der Waals surface area contributed by atoms with E-state index in [4.69, 9.17) is 11.6 Å². The molecule has 3 rings (SSSR count). The van der Waals surface area contributed by atoms with Crippen LogP contribution in [0.25, 0.3) is 0 Å². The van der Waals surface area contributed by atoms with Crippen molar-refractivity contribution in [1.29, 1.82) is 0 Å². The molecule has 0 bridgehead atoms. The number of nitrogens with zero attached hydrogens (tertiary/aromatic N) is 4. The molecule has 0 spiro atoms. The number of halogens is 2. The van der Waals surface area contributed by atoms with Crippen LogP contribution in [0, 0.1) is 3.57 Å². The van der Waals surface area contributed by atoms with Gasteiger partial charge in [-0.25, -0.2) is 4.98 Å². The zero-order chi connectivity index (χ0) is 16.6. The normalized spacial score (nSPS) is 20.3. The van der Waals surface area contributed by atoms with Crippen LogP contribution >= 0.6 is 34.2 Å². The molecule has 1 aliphatic heterocycles. The van der Waals surface area contributed by atoms with Crippen LogP contribution in [0.3, 0.4) is 0 Å². The summed E-state index contributed by atoms with van der Waals surface area (Å²) in [6.07, 6.45) is 3.47. The van der Waals surface area contributed by atoms with Crippen molar-refractivity contribution in [2.75, 3.05) is 16.8 Å². The highest BCUT2D eigenvalue weighted by atomic mass is 127. The lowest BCUT2D eigenvalue weighted by atomic mass is 9.98. The molecule has 1 aromatic heterocycles. The van der Waals surface area contributed by atoms with Crippen molar-refractivity contribution in [2.24, 2.45) is 0 Å².